The lowest BCUT2D eigenvalue weighted by Crippen LogP contribution is -2.17. The third kappa shape index (κ3) is 3.65. The molecule has 5 rings (SSSR count). The number of nitrogens with one attached hydrogen (secondary N) is 1. The lowest BCUT2D eigenvalue weighted by molar-refractivity contribution is 0.627. The van der Waals surface area contributed by atoms with Crippen LogP contribution in [0.5, 0.6) is 0 Å². The van der Waals surface area contributed by atoms with E-state index in [1.54, 1.807) is 6.07 Å². The van der Waals surface area contributed by atoms with Crippen LogP contribution >= 0.6 is 0 Å². The molecule has 0 aliphatic heterocycles. The Bertz CT molecular complexity index is 1200. The van der Waals surface area contributed by atoms with Gasteiger partial charge in [0.05, 0.1) is 5.69 Å². The molecule has 2 heterocycles. The molecular formula is C24H22F2N4. The monoisotopic (exact) mass is 404 g/mol. The molecule has 0 bridgehead atoms. The number of hydrogen-bond acceptors (Lipinski definition) is 3. The van der Waals surface area contributed by atoms with Crippen LogP contribution in [0.3, 0.4) is 0 Å². The number of aromatic nitrogens is 3. The van der Waals surface area contributed by atoms with Crippen molar-refractivity contribution in [3.8, 4) is 11.3 Å². The minimum absolute atomic E-state index is 0.224. The van der Waals surface area contributed by atoms with E-state index in [1.165, 1.54) is 29.8 Å². The molecule has 0 saturated heterocycles. The summed E-state index contributed by atoms with van der Waals surface area (Å²) >= 11 is 0. The molecule has 30 heavy (non-hydrogen) atoms. The van der Waals surface area contributed by atoms with Gasteiger partial charge < -0.3 is 5.32 Å². The fourth-order valence-corrected chi connectivity index (χ4v) is 4.10. The quantitative estimate of drug-likeness (QED) is 0.497. The van der Waals surface area contributed by atoms with Gasteiger partial charge in [-0.2, -0.15) is 9.61 Å². The predicted octanol–water partition coefficient (Wildman–Crippen LogP) is 5.21. The van der Waals surface area contributed by atoms with Gasteiger partial charge in [0.1, 0.15) is 17.5 Å². The third-order valence-electron chi connectivity index (χ3n) is 5.62. The largest absolute Gasteiger partial charge is 0.369 e. The van der Waals surface area contributed by atoms with Gasteiger partial charge in [-0.05, 0) is 61.9 Å². The van der Waals surface area contributed by atoms with Crippen LogP contribution in [0.15, 0.2) is 54.6 Å². The highest BCUT2D eigenvalue weighted by Crippen LogP contribution is 2.30. The molecule has 6 heteroatoms. The van der Waals surface area contributed by atoms with Gasteiger partial charge >= 0.3 is 0 Å². The van der Waals surface area contributed by atoms with Crippen molar-refractivity contribution in [1.82, 2.24) is 14.6 Å². The molecule has 1 aliphatic rings. The van der Waals surface area contributed by atoms with Crippen molar-refractivity contribution in [1.29, 1.82) is 0 Å². The lowest BCUT2D eigenvalue weighted by Gasteiger charge is -2.20. The Hall–Kier alpha value is -3.28. The van der Waals surface area contributed by atoms with Crippen LogP contribution in [-0.2, 0) is 19.3 Å². The van der Waals surface area contributed by atoms with E-state index < -0.39 is 0 Å². The second-order valence-electron chi connectivity index (χ2n) is 7.71. The number of rotatable bonds is 5. The molecule has 2 aromatic carbocycles. The van der Waals surface area contributed by atoms with Crippen LogP contribution in [0, 0.1) is 11.6 Å². The molecule has 0 spiro atoms. The number of fused-ring (bicyclic) bond motifs is 2. The molecule has 4 aromatic rings. The van der Waals surface area contributed by atoms with Crippen molar-refractivity contribution in [2.75, 3.05) is 11.9 Å². The molecule has 0 saturated carbocycles. The summed E-state index contributed by atoms with van der Waals surface area (Å²) in [5.74, 6) is 0.451. The molecule has 2 aromatic heterocycles. The van der Waals surface area contributed by atoms with Crippen molar-refractivity contribution < 1.29 is 8.78 Å². The van der Waals surface area contributed by atoms with Gasteiger partial charge in [0, 0.05) is 29.4 Å². The van der Waals surface area contributed by atoms with Gasteiger partial charge in [-0.15, -0.1) is 0 Å². The summed E-state index contributed by atoms with van der Waals surface area (Å²) in [6, 6.07) is 15.0. The Morgan fingerprint density at radius 3 is 2.60 bits per heavy atom. The van der Waals surface area contributed by atoms with Gasteiger partial charge in [-0.25, -0.2) is 13.8 Å². The molecule has 1 aliphatic carbocycles. The summed E-state index contributed by atoms with van der Waals surface area (Å²) in [6.07, 6.45) is 4.96. The van der Waals surface area contributed by atoms with Gasteiger partial charge in [0.25, 0.3) is 0 Å². The molecular weight excluding hydrogens is 382 g/mol. The third-order valence-corrected chi connectivity index (χ3v) is 5.62. The Morgan fingerprint density at radius 2 is 1.77 bits per heavy atom. The Balaban J connectivity index is 1.50. The van der Waals surface area contributed by atoms with Crippen molar-refractivity contribution >= 4 is 11.5 Å². The van der Waals surface area contributed by atoms with Crippen LogP contribution in [0.25, 0.3) is 16.9 Å². The standard InChI is InChI=1S/C24H22F2N4/c25-18-10-8-16(9-11-18)12-13-27-24-20-6-1-2-7-21(20)28-23-15-22(29-30(23)24)17-4-3-5-19(26)14-17/h3-5,8-11,14-15,27H,1-2,6-7,12-13H2. The topological polar surface area (TPSA) is 42.2 Å². The Kier molecular flexibility index (Phi) is 4.91. The zero-order chi connectivity index (χ0) is 20.5. The van der Waals surface area contributed by atoms with Crippen molar-refractivity contribution in [2.45, 2.75) is 32.1 Å². The van der Waals surface area contributed by atoms with Crippen molar-refractivity contribution in [3.63, 3.8) is 0 Å². The maximum absolute atomic E-state index is 13.7. The number of nitrogens with zero attached hydrogens (tertiary/aromatic N) is 3. The minimum atomic E-state index is -0.283. The van der Waals surface area contributed by atoms with Crippen LogP contribution in [0.1, 0.15) is 29.7 Å². The first-order valence-corrected chi connectivity index (χ1v) is 10.3. The zero-order valence-electron chi connectivity index (χ0n) is 16.5. The van der Waals surface area contributed by atoms with E-state index in [0.717, 1.165) is 60.4 Å². The van der Waals surface area contributed by atoms with Gasteiger partial charge in [0.2, 0.25) is 0 Å². The fraction of sp³-hybridized carbons (Fsp3) is 0.250. The summed E-state index contributed by atoms with van der Waals surface area (Å²) in [5.41, 5.74) is 5.59. The molecule has 1 N–H and O–H groups in total. The number of halogens is 2. The lowest BCUT2D eigenvalue weighted by atomic mass is 9.96. The molecule has 4 nitrogen and oxygen atoms in total. The number of hydrogen-bond donors (Lipinski definition) is 1. The van der Waals surface area contributed by atoms with Crippen LogP contribution in [0.2, 0.25) is 0 Å². The van der Waals surface area contributed by atoms with Crippen LogP contribution in [0.4, 0.5) is 14.6 Å². The van der Waals surface area contributed by atoms with E-state index in [-0.39, 0.29) is 11.6 Å². The summed E-state index contributed by atoms with van der Waals surface area (Å²) in [4.78, 5) is 4.85. The highest BCUT2D eigenvalue weighted by molar-refractivity contribution is 5.67. The van der Waals surface area contributed by atoms with Gasteiger partial charge in [-0.3, -0.25) is 0 Å². The number of aryl methyl sites for hydroxylation is 1. The zero-order valence-corrected chi connectivity index (χ0v) is 16.5. The molecule has 0 atom stereocenters. The van der Waals surface area contributed by atoms with E-state index >= 15 is 0 Å². The molecule has 0 unspecified atom stereocenters. The second kappa shape index (κ2) is 7.86. The highest BCUT2D eigenvalue weighted by atomic mass is 19.1. The predicted molar refractivity (Wildman–Crippen MR) is 114 cm³/mol. The molecule has 0 amide bonds. The number of anilines is 1. The first-order chi connectivity index (χ1) is 14.7. The average Bonchev–Trinajstić information content (AvgIpc) is 3.18. The second-order valence-corrected chi connectivity index (χ2v) is 7.71. The SMILES string of the molecule is Fc1ccc(CCNc2c3c(nc4cc(-c5cccc(F)c5)nn24)CCCC3)cc1. The molecule has 152 valence electrons. The van der Waals surface area contributed by atoms with E-state index in [0.29, 0.717) is 12.2 Å². The summed E-state index contributed by atoms with van der Waals surface area (Å²) in [7, 11) is 0. The molecule has 0 radical (unpaired) electrons. The first kappa shape index (κ1) is 18.7. The van der Waals surface area contributed by atoms with E-state index in [4.69, 9.17) is 10.1 Å². The summed E-state index contributed by atoms with van der Waals surface area (Å²) < 4.78 is 28.7. The van der Waals surface area contributed by atoms with E-state index in [9.17, 15) is 8.78 Å². The average molecular weight is 404 g/mol. The van der Waals surface area contributed by atoms with Crippen molar-refractivity contribution in [3.05, 3.63) is 83.1 Å². The summed E-state index contributed by atoms with van der Waals surface area (Å²) in [6.45, 7) is 0.701. The highest BCUT2D eigenvalue weighted by Gasteiger charge is 2.20. The van der Waals surface area contributed by atoms with Crippen LogP contribution in [-0.4, -0.2) is 21.1 Å². The van der Waals surface area contributed by atoms with E-state index in [2.05, 4.69) is 5.32 Å². The van der Waals surface area contributed by atoms with Gasteiger partial charge in [-0.1, -0.05) is 24.3 Å². The minimum Gasteiger partial charge on any atom is -0.369 e. The Labute approximate surface area is 173 Å². The normalized spacial score (nSPS) is 13.4. The van der Waals surface area contributed by atoms with E-state index in [1.807, 2.05) is 28.8 Å². The smallest absolute Gasteiger partial charge is 0.158 e. The van der Waals surface area contributed by atoms with Gasteiger partial charge in [0.15, 0.2) is 5.65 Å². The maximum atomic E-state index is 13.7. The maximum Gasteiger partial charge on any atom is 0.158 e. The molecule has 0 fully saturated rings. The number of benzene rings is 2. The first-order valence-electron chi connectivity index (χ1n) is 10.3. The fourth-order valence-electron chi connectivity index (χ4n) is 4.10. The van der Waals surface area contributed by atoms with Crippen LogP contribution < -0.4 is 5.32 Å². The summed E-state index contributed by atoms with van der Waals surface area (Å²) in [5, 5.41) is 8.29. The van der Waals surface area contributed by atoms with Crippen molar-refractivity contribution in [2.24, 2.45) is 0 Å². The Morgan fingerprint density at radius 1 is 0.933 bits per heavy atom.